The number of carbonyl (C=O) groups excluding carboxylic acids is 1. The first-order chi connectivity index (χ1) is 7.83. The van der Waals surface area contributed by atoms with E-state index in [1.165, 1.54) is 0 Å². The summed E-state index contributed by atoms with van der Waals surface area (Å²) in [5, 5.41) is 0. The van der Waals surface area contributed by atoms with Gasteiger partial charge < -0.3 is 0 Å². The number of aryl methyl sites for hydroxylation is 1. The molecule has 0 saturated carbocycles. The molecule has 1 aromatic rings. The van der Waals surface area contributed by atoms with Crippen molar-refractivity contribution in [3.05, 3.63) is 29.6 Å². The third-order valence-corrected chi connectivity index (χ3v) is 2.89. The molecule has 16 heavy (non-hydrogen) atoms. The van der Waals surface area contributed by atoms with Gasteiger partial charge in [-0.05, 0) is 30.9 Å². The zero-order valence-electron chi connectivity index (χ0n) is 10.5. The van der Waals surface area contributed by atoms with Crippen molar-refractivity contribution >= 4 is 5.78 Å². The minimum atomic E-state index is 0.224. The molecule has 1 aromatic heterocycles. The molecule has 2 nitrogen and oxygen atoms in total. The predicted molar refractivity (Wildman–Crippen MR) is 66.6 cm³/mol. The van der Waals surface area contributed by atoms with Gasteiger partial charge in [-0.1, -0.05) is 33.3 Å². The SMILES string of the molecule is CC.CCCC1CCc2cccnc2C1=O. The van der Waals surface area contributed by atoms with Gasteiger partial charge in [0.15, 0.2) is 5.78 Å². The van der Waals surface area contributed by atoms with Gasteiger partial charge in [0.25, 0.3) is 0 Å². The Hall–Kier alpha value is -1.18. The number of carbonyl (C=O) groups is 1. The van der Waals surface area contributed by atoms with Crippen LogP contribution in [0.2, 0.25) is 0 Å². The van der Waals surface area contributed by atoms with E-state index in [1.807, 2.05) is 26.0 Å². The number of ketones is 1. The van der Waals surface area contributed by atoms with Crippen molar-refractivity contribution in [3.8, 4) is 0 Å². The van der Waals surface area contributed by atoms with Crippen LogP contribution in [0.4, 0.5) is 0 Å². The summed E-state index contributed by atoms with van der Waals surface area (Å²) in [6.07, 6.45) is 5.82. The van der Waals surface area contributed by atoms with Crippen molar-refractivity contribution in [1.82, 2.24) is 4.98 Å². The molecule has 2 rings (SSSR count). The number of rotatable bonds is 2. The number of hydrogen-bond donors (Lipinski definition) is 0. The van der Waals surface area contributed by atoms with Gasteiger partial charge in [-0.25, -0.2) is 0 Å². The van der Waals surface area contributed by atoms with Crippen molar-refractivity contribution < 1.29 is 4.79 Å². The van der Waals surface area contributed by atoms with Crippen molar-refractivity contribution in [1.29, 1.82) is 0 Å². The highest BCUT2D eigenvalue weighted by Crippen LogP contribution is 2.26. The van der Waals surface area contributed by atoms with Gasteiger partial charge in [0.05, 0.1) is 0 Å². The molecule has 1 heterocycles. The van der Waals surface area contributed by atoms with E-state index in [1.54, 1.807) is 6.20 Å². The van der Waals surface area contributed by atoms with Crippen LogP contribution in [0.5, 0.6) is 0 Å². The van der Waals surface area contributed by atoms with Gasteiger partial charge in [-0.2, -0.15) is 0 Å². The number of Topliss-reactive ketones (excluding diaryl/α,β-unsaturated/α-hetero) is 1. The van der Waals surface area contributed by atoms with Crippen molar-refractivity contribution in [3.63, 3.8) is 0 Å². The average Bonchev–Trinajstić information content (AvgIpc) is 2.36. The Morgan fingerprint density at radius 3 is 2.88 bits per heavy atom. The molecule has 0 spiro atoms. The molecule has 1 aliphatic carbocycles. The maximum absolute atomic E-state index is 11.9. The van der Waals surface area contributed by atoms with Crippen LogP contribution in [0.25, 0.3) is 0 Å². The van der Waals surface area contributed by atoms with Gasteiger partial charge >= 0.3 is 0 Å². The maximum atomic E-state index is 11.9. The standard InChI is InChI=1S/C12H15NO.C2H6/c1-2-4-10-7-6-9-5-3-8-13-11(9)12(10)14;1-2/h3,5,8,10H,2,4,6-7H2,1H3;1-2H3. The maximum Gasteiger partial charge on any atom is 0.184 e. The summed E-state index contributed by atoms with van der Waals surface area (Å²) in [5.41, 5.74) is 1.85. The first-order valence-corrected chi connectivity index (χ1v) is 6.31. The minimum absolute atomic E-state index is 0.224. The molecule has 1 aliphatic rings. The van der Waals surface area contributed by atoms with Gasteiger partial charge in [-0.3, -0.25) is 9.78 Å². The minimum Gasteiger partial charge on any atom is -0.292 e. The van der Waals surface area contributed by atoms with Gasteiger partial charge in [0.2, 0.25) is 0 Å². The zero-order valence-corrected chi connectivity index (χ0v) is 10.5. The summed E-state index contributed by atoms with van der Waals surface area (Å²) in [5.74, 6) is 0.482. The Balaban J connectivity index is 0.000000606. The van der Waals surface area contributed by atoms with Crippen LogP contribution in [0, 0.1) is 5.92 Å². The second-order valence-electron chi connectivity index (χ2n) is 3.90. The Morgan fingerprint density at radius 1 is 1.44 bits per heavy atom. The molecule has 0 N–H and O–H groups in total. The van der Waals surface area contributed by atoms with Crippen LogP contribution >= 0.6 is 0 Å². The molecule has 0 radical (unpaired) electrons. The fraction of sp³-hybridized carbons (Fsp3) is 0.571. The molecule has 88 valence electrons. The lowest BCUT2D eigenvalue weighted by molar-refractivity contribution is 0.0888. The van der Waals surface area contributed by atoms with E-state index in [4.69, 9.17) is 0 Å². The predicted octanol–water partition coefficient (Wildman–Crippen LogP) is 3.65. The van der Waals surface area contributed by atoms with E-state index in [-0.39, 0.29) is 11.7 Å². The summed E-state index contributed by atoms with van der Waals surface area (Å²) in [7, 11) is 0. The lowest BCUT2D eigenvalue weighted by Gasteiger charge is -2.21. The Kier molecular flexibility index (Phi) is 5.17. The number of pyridine rings is 1. The molecular formula is C14H21NO. The highest BCUT2D eigenvalue weighted by atomic mass is 16.1. The van der Waals surface area contributed by atoms with Crippen LogP contribution < -0.4 is 0 Å². The summed E-state index contributed by atoms with van der Waals surface area (Å²) in [6, 6.07) is 3.93. The first-order valence-electron chi connectivity index (χ1n) is 6.31. The van der Waals surface area contributed by atoms with Crippen LogP contribution in [0.3, 0.4) is 0 Å². The van der Waals surface area contributed by atoms with E-state index in [0.29, 0.717) is 0 Å². The van der Waals surface area contributed by atoms with E-state index >= 15 is 0 Å². The van der Waals surface area contributed by atoms with Crippen LogP contribution in [0.1, 0.15) is 56.1 Å². The highest BCUT2D eigenvalue weighted by Gasteiger charge is 2.27. The second kappa shape index (κ2) is 6.41. The molecule has 0 fully saturated rings. The third-order valence-electron chi connectivity index (χ3n) is 2.89. The van der Waals surface area contributed by atoms with Crippen LogP contribution in [-0.4, -0.2) is 10.8 Å². The highest BCUT2D eigenvalue weighted by molar-refractivity contribution is 5.98. The van der Waals surface area contributed by atoms with Gasteiger partial charge in [0.1, 0.15) is 5.69 Å². The summed E-state index contributed by atoms with van der Waals surface area (Å²) < 4.78 is 0. The number of nitrogens with zero attached hydrogens (tertiary/aromatic N) is 1. The molecule has 0 bridgehead atoms. The smallest absolute Gasteiger partial charge is 0.184 e. The van der Waals surface area contributed by atoms with Gasteiger partial charge in [-0.15, -0.1) is 0 Å². The molecule has 0 saturated heterocycles. The second-order valence-corrected chi connectivity index (χ2v) is 3.90. The summed E-state index contributed by atoms with van der Waals surface area (Å²) in [4.78, 5) is 16.1. The van der Waals surface area contributed by atoms with Crippen LogP contribution in [0.15, 0.2) is 18.3 Å². The lowest BCUT2D eigenvalue weighted by Crippen LogP contribution is -2.23. The molecular weight excluding hydrogens is 198 g/mol. The quantitative estimate of drug-likeness (QED) is 0.760. The fourth-order valence-corrected chi connectivity index (χ4v) is 2.14. The molecule has 0 aliphatic heterocycles. The Bertz CT molecular complexity index is 346. The Morgan fingerprint density at radius 2 is 2.19 bits per heavy atom. The van der Waals surface area contributed by atoms with E-state index in [9.17, 15) is 4.79 Å². The number of hydrogen-bond acceptors (Lipinski definition) is 2. The molecule has 1 unspecified atom stereocenters. The van der Waals surface area contributed by atoms with E-state index in [2.05, 4.69) is 11.9 Å². The van der Waals surface area contributed by atoms with Gasteiger partial charge in [0, 0.05) is 12.1 Å². The monoisotopic (exact) mass is 219 g/mol. The number of aromatic nitrogens is 1. The van der Waals surface area contributed by atoms with E-state index < -0.39 is 0 Å². The third kappa shape index (κ3) is 2.69. The largest absolute Gasteiger partial charge is 0.292 e. The molecule has 1 atom stereocenters. The van der Waals surface area contributed by atoms with E-state index in [0.717, 1.165) is 36.9 Å². The summed E-state index contributed by atoms with van der Waals surface area (Å²) >= 11 is 0. The zero-order chi connectivity index (χ0) is 12.0. The van der Waals surface area contributed by atoms with Crippen LogP contribution in [-0.2, 0) is 6.42 Å². The first kappa shape index (κ1) is 12.9. The van der Waals surface area contributed by atoms with Crippen molar-refractivity contribution in [2.75, 3.05) is 0 Å². The molecule has 0 amide bonds. The van der Waals surface area contributed by atoms with Crippen molar-refractivity contribution in [2.45, 2.75) is 46.5 Å². The van der Waals surface area contributed by atoms with Crippen molar-refractivity contribution in [2.24, 2.45) is 5.92 Å². The topological polar surface area (TPSA) is 30.0 Å². The average molecular weight is 219 g/mol. The molecule has 2 heteroatoms. The normalized spacial score (nSPS) is 18.4. The molecule has 0 aromatic carbocycles. The lowest BCUT2D eigenvalue weighted by atomic mass is 9.83. The number of fused-ring (bicyclic) bond motifs is 1. The fourth-order valence-electron chi connectivity index (χ4n) is 2.14. The summed E-state index contributed by atoms with van der Waals surface area (Å²) in [6.45, 7) is 6.13. The Labute approximate surface area is 98.1 Å².